The van der Waals surface area contributed by atoms with Gasteiger partial charge in [-0.25, -0.2) is 0 Å². The number of ketones is 2. The Kier molecular flexibility index (Phi) is 5.56. The number of carbonyl (C=O) groups is 2. The molecule has 0 spiro atoms. The van der Waals surface area contributed by atoms with Gasteiger partial charge in [0, 0.05) is 17.5 Å². The van der Waals surface area contributed by atoms with Crippen molar-refractivity contribution >= 4 is 28.9 Å². The van der Waals surface area contributed by atoms with Gasteiger partial charge in [-0.1, -0.05) is 25.4 Å². The molecule has 21 heavy (non-hydrogen) atoms. The van der Waals surface area contributed by atoms with E-state index in [0.29, 0.717) is 0 Å². The Morgan fingerprint density at radius 3 is 2.52 bits per heavy atom. The van der Waals surface area contributed by atoms with Crippen LogP contribution in [0.3, 0.4) is 0 Å². The molecule has 1 rings (SSSR count). The fraction of sp³-hybridized carbons (Fsp3) is 0.357. The van der Waals surface area contributed by atoms with E-state index in [1.54, 1.807) is 19.9 Å². The third kappa shape index (κ3) is 4.10. The van der Waals surface area contributed by atoms with Crippen molar-refractivity contribution in [1.82, 2.24) is 0 Å². The second-order valence-electron chi connectivity index (χ2n) is 4.91. The second kappa shape index (κ2) is 6.95. The molecule has 0 amide bonds. The van der Waals surface area contributed by atoms with Gasteiger partial charge in [0.05, 0.1) is 16.6 Å². The first-order valence-electron chi connectivity index (χ1n) is 6.18. The lowest BCUT2D eigenvalue weighted by Gasteiger charge is -2.09. The van der Waals surface area contributed by atoms with E-state index in [2.05, 4.69) is 0 Å². The van der Waals surface area contributed by atoms with E-state index in [0.717, 1.165) is 12.1 Å². The van der Waals surface area contributed by atoms with Gasteiger partial charge in [-0.05, 0) is 18.1 Å². The van der Waals surface area contributed by atoms with Crippen molar-refractivity contribution in [3.8, 4) is 6.07 Å². The number of nitrogens with zero attached hydrogens (tertiary/aromatic N) is 2. The van der Waals surface area contributed by atoms with Crippen LogP contribution in [0.1, 0.15) is 30.6 Å². The van der Waals surface area contributed by atoms with Crippen molar-refractivity contribution in [2.45, 2.75) is 20.3 Å². The molecule has 0 aromatic heterocycles. The molecule has 0 aliphatic carbocycles. The van der Waals surface area contributed by atoms with Crippen molar-refractivity contribution in [3.63, 3.8) is 0 Å². The Labute approximate surface area is 126 Å². The predicted octanol–water partition coefficient (Wildman–Crippen LogP) is 3.19. The highest BCUT2D eigenvalue weighted by Gasteiger charge is 2.32. The molecule has 1 unspecified atom stereocenters. The summed E-state index contributed by atoms with van der Waals surface area (Å²) >= 11 is 5.66. The normalized spacial score (nSPS) is 11.8. The molecule has 1 aromatic rings. The van der Waals surface area contributed by atoms with Crippen LogP contribution in [0, 0.1) is 33.3 Å². The van der Waals surface area contributed by atoms with E-state index in [-0.39, 0.29) is 22.9 Å². The number of halogens is 1. The summed E-state index contributed by atoms with van der Waals surface area (Å²) in [6.45, 7) is 3.56. The topological polar surface area (TPSA) is 101 Å². The van der Waals surface area contributed by atoms with Crippen molar-refractivity contribution < 1.29 is 14.5 Å². The Morgan fingerprint density at radius 2 is 2.05 bits per heavy atom. The molecule has 1 aromatic carbocycles. The van der Waals surface area contributed by atoms with Crippen molar-refractivity contribution in [2.75, 3.05) is 0 Å². The molecule has 0 heterocycles. The first kappa shape index (κ1) is 16.8. The molecular formula is C14H13ClN2O4. The van der Waals surface area contributed by atoms with Gasteiger partial charge in [-0.3, -0.25) is 19.7 Å². The van der Waals surface area contributed by atoms with Crippen LogP contribution >= 0.6 is 11.6 Å². The highest BCUT2D eigenvalue weighted by Crippen LogP contribution is 2.26. The first-order chi connectivity index (χ1) is 9.77. The number of hydrogen-bond donors (Lipinski definition) is 0. The third-order valence-electron chi connectivity index (χ3n) is 2.74. The Balaban J connectivity index is 3.21. The zero-order valence-electron chi connectivity index (χ0n) is 11.5. The fourth-order valence-electron chi connectivity index (χ4n) is 1.82. The van der Waals surface area contributed by atoms with Gasteiger partial charge in [-0.2, -0.15) is 5.26 Å². The summed E-state index contributed by atoms with van der Waals surface area (Å²) < 4.78 is 0. The standard InChI is InChI=1S/C14H13ClN2O4/c1-8(2)5-13(18)11(7-16)14(19)10-4-3-9(15)6-12(10)17(20)21/h3-4,6,8,11H,5H2,1-2H3. The molecule has 7 heteroatoms. The van der Waals surface area contributed by atoms with E-state index in [1.807, 2.05) is 0 Å². The molecule has 1 atom stereocenters. The molecule has 6 nitrogen and oxygen atoms in total. The number of nitro groups is 1. The molecule has 0 aliphatic rings. The summed E-state index contributed by atoms with van der Waals surface area (Å²) in [6, 6.07) is 5.13. The van der Waals surface area contributed by atoms with Crippen LogP contribution in [-0.2, 0) is 4.79 Å². The summed E-state index contributed by atoms with van der Waals surface area (Å²) in [5.74, 6) is -2.96. The lowest BCUT2D eigenvalue weighted by atomic mass is 9.90. The van der Waals surface area contributed by atoms with Gasteiger partial charge in [0.15, 0.2) is 17.5 Å². The van der Waals surface area contributed by atoms with E-state index in [9.17, 15) is 19.7 Å². The molecule has 0 saturated carbocycles. The molecule has 110 valence electrons. The van der Waals surface area contributed by atoms with Crippen LogP contribution in [0.25, 0.3) is 0 Å². The maximum Gasteiger partial charge on any atom is 0.281 e. The number of nitro benzene ring substituents is 1. The quantitative estimate of drug-likeness (QED) is 0.347. The van der Waals surface area contributed by atoms with Crippen LogP contribution in [0.4, 0.5) is 5.69 Å². The molecule has 0 radical (unpaired) electrons. The maximum atomic E-state index is 12.2. The van der Waals surface area contributed by atoms with Crippen LogP contribution < -0.4 is 0 Å². The van der Waals surface area contributed by atoms with Crippen LogP contribution in [0.5, 0.6) is 0 Å². The number of nitriles is 1. The highest BCUT2D eigenvalue weighted by atomic mass is 35.5. The summed E-state index contributed by atoms with van der Waals surface area (Å²) in [4.78, 5) is 34.4. The van der Waals surface area contributed by atoms with Crippen LogP contribution in [0.2, 0.25) is 5.02 Å². The van der Waals surface area contributed by atoms with E-state index < -0.39 is 28.1 Å². The van der Waals surface area contributed by atoms with Gasteiger partial charge in [0.2, 0.25) is 0 Å². The lowest BCUT2D eigenvalue weighted by Crippen LogP contribution is -2.24. The smallest absolute Gasteiger partial charge is 0.281 e. The zero-order valence-corrected chi connectivity index (χ0v) is 12.3. The first-order valence-corrected chi connectivity index (χ1v) is 6.56. The Bertz CT molecular complexity index is 634. The fourth-order valence-corrected chi connectivity index (χ4v) is 1.98. The largest absolute Gasteiger partial charge is 0.298 e. The molecule has 0 N–H and O–H groups in total. The number of hydrogen-bond acceptors (Lipinski definition) is 5. The summed E-state index contributed by atoms with van der Waals surface area (Å²) in [7, 11) is 0. The molecule has 0 bridgehead atoms. The summed E-state index contributed by atoms with van der Waals surface area (Å²) in [6.07, 6.45) is 0.0609. The zero-order chi connectivity index (χ0) is 16.2. The van der Waals surface area contributed by atoms with E-state index in [1.165, 1.54) is 6.07 Å². The molecule has 0 saturated heterocycles. The molecule has 0 aliphatic heterocycles. The number of benzene rings is 1. The third-order valence-corrected chi connectivity index (χ3v) is 2.98. The number of carbonyl (C=O) groups excluding carboxylic acids is 2. The van der Waals surface area contributed by atoms with Gasteiger partial charge in [0.25, 0.3) is 5.69 Å². The highest BCUT2D eigenvalue weighted by molar-refractivity contribution is 6.31. The van der Waals surface area contributed by atoms with E-state index in [4.69, 9.17) is 16.9 Å². The number of rotatable bonds is 6. The second-order valence-corrected chi connectivity index (χ2v) is 5.35. The van der Waals surface area contributed by atoms with Crippen molar-refractivity contribution in [3.05, 3.63) is 38.9 Å². The minimum Gasteiger partial charge on any atom is -0.298 e. The van der Waals surface area contributed by atoms with Crippen LogP contribution in [-0.4, -0.2) is 16.5 Å². The average Bonchev–Trinajstić information content (AvgIpc) is 2.38. The predicted molar refractivity (Wildman–Crippen MR) is 76.0 cm³/mol. The molecule has 0 fully saturated rings. The van der Waals surface area contributed by atoms with Gasteiger partial charge in [-0.15, -0.1) is 0 Å². The van der Waals surface area contributed by atoms with Gasteiger partial charge < -0.3 is 0 Å². The minimum atomic E-state index is -1.53. The lowest BCUT2D eigenvalue weighted by molar-refractivity contribution is -0.385. The Hall–Kier alpha value is -2.26. The molecular weight excluding hydrogens is 296 g/mol. The minimum absolute atomic E-state index is 0.0126. The monoisotopic (exact) mass is 308 g/mol. The summed E-state index contributed by atoms with van der Waals surface area (Å²) in [5, 5.41) is 20.1. The summed E-state index contributed by atoms with van der Waals surface area (Å²) in [5.41, 5.74) is -0.793. The SMILES string of the molecule is CC(C)CC(=O)C(C#N)C(=O)c1ccc(Cl)cc1[N+](=O)[O-]. The Morgan fingerprint density at radius 1 is 1.43 bits per heavy atom. The average molecular weight is 309 g/mol. The van der Waals surface area contributed by atoms with Gasteiger partial charge >= 0.3 is 0 Å². The maximum absolute atomic E-state index is 12.2. The van der Waals surface area contributed by atoms with Crippen LogP contribution in [0.15, 0.2) is 18.2 Å². The van der Waals surface area contributed by atoms with Crippen molar-refractivity contribution in [1.29, 1.82) is 5.26 Å². The van der Waals surface area contributed by atoms with E-state index >= 15 is 0 Å². The number of Topliss-reactive ketones (excluding diaryl/α,β-unsaturated/α-hetero) is 2. The van der Waals surface area contributed by atoms with Gasteiger partial charge in [0.1, 0.15) is 0 Å². The van der Waals surface area contributed by atoms with Crippen molar-refractivity contribution in [2.24, 2.45) is 11.8 Å².